The van der Waals surface area contributed by atoms with E-state index in [0.717, 1.165) is 11.1 Å². The second-order valence-electron chi connectivity index (χ2n) is 7.90. The summed E-state index contributed by atoms with van der Waals surface area (Å²) in [6.45, 7) is 3.71. The molecule has 0 saturated heterocycles. The largest absolute Gasteiger partial charge is 0.304 e. The number of nitrogens with one attached hydrogen (secondary N) is 1. The van der Waals surface area contributed by atoms with Crippen molar-refractivity contribution >= 4 is 29.0 Å². The van der Waals surface area contributed by atoms with Crippen LogP contribution in [0.5, 0.6) is 0 Å². The summed E-state index contributed by atoms with van der Waals surface area (Å²) in [6.07, 6.45) is 1.83. The molecule has 7 nitrogen and oxygen atoms in total. The van der Waals surface area contributed by atoms with Gasteiger partial charge in [-0.2, -0.15) is 5.10 Å². The van der Waals surface area contributed by atoms with Crippen molar-refractivity contribution in [3.05, 3.63) is 111 Å². The van der Waals surface area contributed by atoms with Gasteiger partial charge in [0.15, 0.2) is 5.69 Å². The molecular weight excluding hydrogens is 450 g/mol. The summed E-state index contributed by atoms with van der Waals surface area (Å²) >= 11 is 6.00. The SMILES string of the molecule is Cc1cccn2c(NC(=O)c3nn(-c4ccc(Cl)cc4)c(C)cc3=O)c(-c3ccccc3)nc12. The standard InChI is InChI=1S/C26H20ClN5O2/c1-16-7-6-14-31-24(16)28-22(18-8-4-3-5-9-18)25(31)29-26(34)23-21(33)15-17(2)32(30-23)20-12-10-19(27)11-13-20/h3-15H,1-2H3,(H,29,34). The molecule has 0 unspecified atom stereocenters. The molecule has 0 atom stereocenters. The maximum Gasteiger partial charge on any atom is 0.281 e. The molecule has 3 aromatic heterocycles. The van der Waals surface area contributed by atoms with E-state index >= 15 is 0 Å². The molecule has 3 heterocycles. The van der Waals surface area contributed by atoms with Crippen LogP contribution in [0.2, 0.25) is 5.02 Å². The summed E-state index contributed by atoms with van der Waals surface area (Å²) in [5, 5.41) is 7.84. The zero-order valence-corrected chi connectivity index (χ0v) is 19.2. The van der Waals surface area contributed by atoms with E-state index in [1.165, 1.54) is 6.07 Å². The van der Waals surface area contributed by atoms with E-state index in [9.17, 15) is 9.59 Å². The first-order valence-electron chi connectivity index (χ1n) is 10.6. The van der Waals surface area contributed by atoms with Crippen molar-refractivity contribution in [3.8, 4) is 16.9 Å². The van der Waals surface area contributed by atoms with Gasteiger partial charge in [-0.1, -0.05) is 48.0 Å². The van der Waals surface area contributed by atoms with Gasteiger partial charge in [0.25, 0.3) is 5.91 Å². The fourth-order valence-electron chi connectivity index (χ4n) is 3.84. The molecule has 0 radical (unpaired) electrons. The molecular formula is C26H20ClN5O2. The highest BCUT2D eigenvalue weighted by Gasteiger charge is 2.21. The smallest absolute Gasteiger partial charge is 0.281 e. The third-order valence-electron chi connectivity index (χ3n) is 5.52. The van der Waals surface area contributed by atoms with Crippen molar-refractivity contribution < 1.29 is 4.79 Å². The van der Waals surface area contributed by atoms with Crippen molar-refractivity contribution in [2.24, 2.45) is 0 Å². The lowest BCUT2D eigenvalue weighted by molar-refractivity contribution is 0.101. The number of rotatable bonds is 4. The number of aromatic nitrogens is 4. The van der Waals surface area contributed by atoms with Crippen LogP contribution in [0.4, 0.5) is 5.82 Å². The van der Waals surface area contributed by atoms with Crippen LogP contribution in [0.3, 0.4) is 0 Å². The van der Waals surface area contributed by atoms with Gasteiger partial charge in [0.05, 0.1) is 5.69 Å². The number of fused-ring (bicyclic) bond motifs is 1. The quantitative estimate of drug-likeness (QED) is 0.398. The molecule has 0 spiro atoms. The second-order valence-corrected chi connectivity index (χ2v) is 8.34. The molecule has 0 saturated carbocycles. The minimum atomic E-state index is -0.617. The van der Waals surface area contributed by atoms with Gasteiger partial charge in [0.2, 0.25) is 5.43 Å². The third kappa shape index (κ3) is 3.86. The molecule has 2 aromatic carbocycles. The second kappa shape index (κ2) is 8.61. The Bertz CT molecular complexity index is 1590. The van der Waals surface area contributed by atoms with Gasteiger partial charge in [0, 0.05) is 28.5 Å². The fourth-order valence-corrected chi connectivity index (χ4v) is 3.96. The molecule has 0 aliphatic carbocycles. The summed E-state index contributed by atoms with van der Waals surface area (Å²) in [5.41, 5.74) is 3.72. The minimum absolute atomic E-state index is 0.220. The van der Waals surface area contributed by atoms with Gasteiger partial charge in [-0.15, -0.1) is 0 Å². The molecule has 0 bridgehead atoms. The van der Waals surface area contributed by atoms with E-state index < -0.39 is 11.3 Å². The van der Waals surface area contributed by atoms with Crippen LogP contribution in [0.25, 0.3) is 22.6 Å². The summed E-state index contributed by atoms with van der Waals surface area (Å²) in [6, 6.07) is 21.8. The van der Waals surface area contributed by atoms with Crippen LogP contribution < -0.4 is 10.7 Å². The summed E-state index contributed by atoms with van der Waals surface area (Å²) in [4.78, 5) is 30.9. The van der Waals surface area contributed by atoms with Crippen molar-refractivity contribution in [3.63, 3.8) is 0 Å². The number of halogens is 1. The molecule has 0 aliphatic rings. The number of nitrogens with zero attached hydrogens (tertiary/aromatic N) is 4. The predicted octanol–water partition coefficient (Wildman–Crippen LogP) is 5.07. The highest BCUT2D eigenvalue weighted by molar-refractivity contribution is 6.30. The Morgan fingerprint density at radius 3 is 2.44 bits per heavy atom. The first kappa shape index (κ1) is 21.6. The third-order valence-corrected chi connectivity index (χ3v) is 5.77. The summed E-state index contributed by atoms with van der Waals surface area (Å²) in [7, 11) is 0. The Morgan fingerprint density at radius 2 is 1.71 bits per heavy atom. The van der Waals surface area contributed by atoms with Crippen molar-refractivity contribution in [2.75, 3.05) is 5.32 Å². The number of benzene rings is 2. The van der Waals surface area contributed by atoms with Crippen molar-refractivity contribution in [2.45, 2.75) is 13.8 Å². The zero-order valence-electron chi connectivity index (χ0n) is 18.5. The molecule has 5 rings (SSSR count). The highest BCUT2D eigenvalue weighted by Crippen LogP contribution is 2.30. The molecule has 168 valence electrons. The van der Waals surface area contributed by atoms with Crippen LogP contribution >= 0.6 is 11.6 Å². The molecule has 8 heteroatoms. The molecule has 1 amide bonds. The number of carbonyl (C=O) groups excluding carboxylic acids is 1. The summed E-state index contributed by atoms with van der Waals surface area (Å²) in [5.74, 6) is -0.150. The number of hydrogen-bond acceptors (Lipinski definition) is 4. The number of pyridine rings is 1. The minimum Gasteiger partial charge on any atom is -0.304 e. The maximum atomic E-state index is 13.3. The lowest BCUT2D eigenvalue weighted by Gasteiger charge is -2.12. The maximum absolute atomic E-state index is 13.3. The number of amides is 1. The van der Waals surface area contributed by atoms with Crippen molar-refractivity contribution in [1.82, 2.24) is 19.2 Å². The van der Waals surface area contributed by atoms with E-state index in [4.69, 9.17) is 16.6 Å². The Hall–Kier alpha value is -4.23. The number of aryl methyl sites for hydroxylation is 2. The lowest BCUT2D eigenvalue weighted by atomic mass is 10.1. The van der Waals surface area contributed by atoms with Gasteiger partial charge in [-0.25, -0.2) is 9.67 Å². The average molecular weight is 470 g/mol. The van der Waals surface area contributed by atoms with E-state index in [-0.39, 0.29) is 5.69 Å². The van der Waals surface area contributed by atoms with E-state index in [2.05, 4.69) is 10.4 Å². The molecule has 0 fully saturated rings. The monoisotopic (exact) mass is 469 g/mol. The number of anilines is 1. The van der Waals surface area contributed by atoms with E-state index in [1.807, 2.05) is 60.0 Å². The van der Waals surface area contributed by atoms with Crippen LogP contribution in [-0.2, 0) is 0 Å². The number of imidazole rings is 1. The Morgan fingerprint density at radius 1 is 0.971 bits per heavy atom. The zero-order chi connectivity index (χ0) is 23.8. The van der Waals surface area contributed by atoms with E-state index in [0.29, 0.717) is 33.6 Å². The first-order valence-corrected chi connectivity index (χ1v) is 11.0. The molecule has 34 heavy (non-hydrogen) atoms. The van der Waals surface area contributed by atoms with Gasteiger partial charge in [-0.3, -0.25) is 14.0 Å². The van der Waals surface area contributed by atoms with Crippen molar-refractivity contribution in [1.29, 1.82) is 0 Å². The Balaban J connectivity index is 1.61. The van der Waals surface area contributed by atoms with Crippen LogP contribution in [0, 0.1) is 13.8 Å². The first-order chi connectivity index (χ1) is 16.4. The Kier molecular flexibility index (Phi) is 5.47. The van der Waals surface area contributed by atoms with Gasteiger partial charge in [-0.05, 0) is 49.7 Å². The van der Waals surface area contributed by atoms with Crippen LogP contribution in [0.15, 0.2) is 83.8 Å². The molecule has 5 aromatic rings. The number of carbonyl (C=O) groups is 1. The number of hydrogen-bond donors (Lipinski definition) is 1. The summed E-state index contributed by atoms with van der Waals surface area (Å²) < 4.78 is 3.35. The molecule has 0 aliphatic heterocycles. The van der Waals surface area contributed by atoms with Gasteiger partial charge >= 0.3 is 0 Å². The highest BCUT2D eigenvalue weighted by atomic mass is 35.5. The normalized spacial score (nSPS) is 11.0. The van der Waals surface area contributed by atoms with Crippen LogP contribution in [0.1, 0.15) is 21.7 Å². The average Bonchev–Trinajstić information content (AvgIpc) is 3.20. The predicted molar refractivity (Wildman–Crippen MR) is 133 cm³/mol. The molecule has 1 N–H and O–H groups in total. The van der Waals surface area contributed by atoms with Gasteiger partial charge in [0.1, 0.15) is 17.2 Å². The van der Waals surface area contributed by atoms with E-state index in [1.54, 1.807) is 35.9 Å². The van der Waals surface area contributed by atoms with Crippen LogP contribution in [-0.4, -0.2) is 25.1 Å². The Labute approximate surface area is 200 Å². The van der Waals surface area contributed by atoms with Gasteiger partial charge < -0.3 is 5.32 Å². The lowest BCUT2D eigenvalue weighted by Crippen LogP contribution is -2.27. The fraction of sp³-hybridized carbons (Fsp3) is 0.0769. The topological polar surface area (TPSA) is 81.3 Å².